The van der Waals surface area contributed by atoms with Gasteiger partial charge in [-0.25, -0.2) is 8.42 Å². The van der Waals surface area contributed by atoms with Crippen LogP contribution in [0.15, 0.2) is 65.7 Å². The minimum absolute atomic E-state index is 0.123. The van der Waals surface area contributed by atoms with E-state index in [2.05, 4.69) is 0 Å². The van der Waals surface area contributed by atoms with Crippen LogP contribution in [0.25, 0.3) is 0 Å². The van der Waals surface area contributed by atoms with Crippen molar-refractivity contribution in [1.82, 2.24) is 13.8 Å². The zero-order valence-electron chi connectivity index (χ0n) is 20.4. The van der Waals surface area contributed by atoms with E-state index in [1.165, 1.54) is 4.31 Å². The van der Waals surface area contributed by atoms with Gasteiger partial charge in [0.1, 0.15) is 0 Å². The molecule has 0 spiro atoms. The highest BCUT2D eigenvalue weighted by atomic mass is 32.2. The minimum atomic E-state index is -3.81. The quantitative estimate of drug-likeness (QED) is 0.459. The Bertz CT molecular complexity index is 1250. The molecule has 180 valence electrons. The first-order valence-corrected chi connectivity index (χ1v) is 13.1. The lowest BCUT2D eigenvalue weighted by Gasteiger charge is -2.28. The van der Waals surface area contributed by atoms with Crippen LogP contribution in [-0.4, -0.2) is 40.7 Å². The first-order chi connectivity index (χ1) is 16.2. The van der Waals surface area contributed by atoms with E-state index in [4.69, 9.17) is 0 Å². The first-order valence-electron chi connectivity index (χ1n) is 11.7. The summed E-state index contributed by atoms with van der Waals surface area (Å²) in [6, 6.07) is 17.4. The second-order valence-electron chi connectivity index (χ2n) is 9.36. The predicted octanol–water partition coefficient (Wildman–Crippen LogP) is 4.33. The summed E-state index contributed by atoms with van der Waals surface area (Å²) in [5.41, 5.74) is 4.48. The van der Waals surface area contributed by atoms with E-state index in [0.29, 0.717) is 18.0 Å². The molecule has 3 aromatic rings. The first kappa shape index (κ1) is 24.2. The van der Waals surface area contributed by atoms with E-state index >= 15 is 0 Å². The Morgan fingerprint density at radius 2 is 1.62 bits per heavy atom. The minimum Gasteiger partial charge on any atom is -0.353 e. The van der Waals surface area contributed by atoms with Crippen molar-refractivity contribution >= 4 is 15.9 Å². The maximum absolute atomic E-state index is 13.8. The molecule has 0 unspecified atom stereocenters. The van der Waals surface area contributed by atoms with Crippen LogP contribution in [0.4, 0.5) is 0 Å². The van der Waals surface area contributed by atoms with Crippen LogP contribution >= 0.6 is 0 Å². The fraction of sp³-hybridized carbons (Fsp3) is 0.370. The molecule has 6 nitrogen and oxygen atoms in total. The van der Waals surface area contributed by atoms with Crippen LogP contribution in [0.1, 0.15) is 40.8 Å². The van der Waals surface area contributed by atoms with Crippen LogP contribution < -0.4 is 0 Å². The third kappa shape index (κ3) is 5.26. The number of aryl methyl sites for hydroxylation is 4. The summed E-state index contributed by atoms with van der Waals surface area (Å²) in [5, 5.41) is 0. The molecule has 1 amide bonds. The third-order valence-corrected chi connectivity index (χ3v) is 8.59. The van der Waals surface area contributed by atoms with Gasteiger partial charge in [0.2, 0.25) is 15.9 Å². The zero-order valence-corrected chi connectivity index (χ0v) is 21.2. The van der Waals surface area contributed by atoms with Gasteiger partial charge in [0, 0.05) is 31.5 Å². The summed E-state index contributed by atoms with van der Waals surface area (Å²) in [7, 11) is -1.86. The van der Waals surface area contributed by atoms with Crippen LogP contribution in [0, 0.1) is 20.8 Å². The van der Waals surface area contributed by atoms with Crippen LogP contribution in [-0.2, 0) is 35.0 Å². The number of carbonyl (C=O) groups excluding carboxylic acids is 1. The lowest BCUT2D eigenvalue weighted by atomic mass is 10.1. The van der Waals surface area contributed by atoms with Gasteiger partial charge in [0.05, 0.1) is 18.0 Å². The molecule has 0 aliphatic heterocycles. The summed E-state index contributed by atoms with van der Waals surface area (Å²) in [4.78, 5) is 15.7. The largest absolute Gasteiger partial charge is 0.353 e. The number of nitrogens with zero attached hydrogens (tertiary/aromatic N) is 3. The fourth-order valence-electron chi connectivity index (χ4n) is 4.59. The van der Waals surface area contributed by atoms with Gasteiger partial charge in [-0.2, -0.15) is 4.31 Å². The zero-order chi connectivity index (χ0) is 24.5. The molecule has 1 aliphatic rings. The molecule has 7 heteroatoms. The van der Waals surface area contributed by atoms with Crippen molar-refractivity contribution in [2.45, 2.75) is 57.6 Å². The number of amides is 1. The molecule has 34 heavy (non-hydrogen) atoms. The van der Waals surface area contributed by atoms with Crippen molar-refractivity contribution in [2.75, 3.05) is 6.54 Å². The van der Waals surface area contributed by atoms with Crippen molar-refractivity contribution in [3.05, 3.63) is 88.7 Å². The highest BCUT2D eigenvalue weighted by Crippen LogP contribution is 2.34. The van der Waals surface area contributed by atoms with Gasteiger partial charge in [0.15, 0.2) is 0 Å². The van der Waals surface area contributed by atoms with Gasteiger partial charge in [-0.05, 0) is 62.4 Å². The number of benzene rings is 2. The molecule has 0 bridgehead atoms. The highest BCUT2D eigenvalue weighted by molar-refractivity contribution is 7.89. The molecule has 0 atom stereocenters. The number of rotatable bonds is 9. The lowest BCUT2D eigenvalue weighted by Crippen LogP contribution is -2.44. The number of hydrogen-bond acceptors (Lipinski definition) is 3. The van der Waals surface area contributed by atoms with Gasteiger partial charge in [0.25, 0.3) is 0 Å². The predicted molar refractivity (Wildman–Crippen MR) is 134 cm³/mol. The number of hydrogen-bond donors (Lipinski definition) is 0. The van der Waals surface area contributed by atoms with Crippen LogP contribution in [0.5, 0.6) is 0 Å². The van der Waals surface area contributed by atoms with Crippen LogP contribution in [0.3, 0.4) is 0 Å². The second-order valence-corrected chi connectivity index (χ2v) is 11.2. The van der Waals surface area contributed by atoms with Crippen LogP contribution in [0.2, 0.25) is 0 Å². The Balaban J connectivity index is 1.63. The van der Waals surface area contributed by atoms with Crippen molar-refractivity contribution in [1.29, 1.82) is 0 Å². The van der Waals surface area contributed by atoms with Crippen molar-refractivity contribution in [3.8, 4) is 0 Å². The average Bonchev–Trinajstić information content (AvgIpc) is 3.53. The molecule has 1 saturated carbocycles. The Hall–Kier alpha value is -2.90. The summed E-state index contributed by atoms with van der Waals surface area (Å²) >= 11 is 0. The molecular formula is C27H33N3O3S. The van der Waals surface area contributed by atoms with Gasteiger partial charge in [-0.3, -0.25) is 4.79 Å². The Labute approximate surface area is 202 Å². The fourth-order valence-corrected chi connectivity index (χ4v) is 6.64. The van der Waals surface area contributed by atoms with Gasteiger partial charge in [-0.15, -0.1) is 0 Å². The number of aromatic nitrogens is 1. The van der Waals surface area contributed by atoms with E-state index in [1.807, 2.05) is 93.2 Å². The normalized spacial score (nSPS) is 13.9. The lowest BCUT2D eigenvalue weighted by molar-refractivity contribution is -0.132. The van der Waals surface area contributed by atoms with Crippen molar-refractivity contribution < 1.29 is 13.2 Å². The van der Waals surface area contributed by atoms with E-state index in [0.717, 1.165) is 40.8 Å². The van der Waals surface area contributed by atoms with E-state index in [9.17, 15) is 13.2 Å². The average molecular weight is 480 g/mol. The van der Waals surface area contributed by atoms with E-state index in [1.54, 1.807) is 4.90 Å². The highest BCUT2D eigenvalue weighted by Gasteiger charge is 2.41. The summed E-state index contributed by atoms with van der Waals surface area (Å²) in [5.74, 6) is -0.192. The Morgan fingerprint density at radius 3 is 2.18 bits per heavy atom. The SMILES string of the molecule is Cc1cc(C)c(S(=O)(=O)N(CC(=O)N(Cc2ccccc2)Cc2cccn2C)C2CC2)c(C)c1. The van der Waals surface area contributed by atoms with Crippen molar-refractivity contribution in [2.24, 2.45) is 7.05 Å². The molecule has 4 rings (SSSR count). The maximum atomic E-state index is 13.8. The van der Waals surface area contributed by atoms with E-state index < -0.39 is 10.0 Å². The molecular weight excluding hydrogens is 446 g/mol. The van der Waals surface area contributed by atoms with Gasteiger partial charge < -0.3 is 9.47 Å². The van der Waals surface area contributed by atoms with E-state index in [-0.39, 0.29) is 18.5 Å². The molecule has 1 aliphatic carbocycles. The molecule has 0 N–H and O–H groups in total. The molecule has 1 heterocycles. The van der Waals surface area contributed by atoms with Crippen molar-refractivity contribution in [3.63, 3.8) is 0 Å². The topological polar surface area (TPSA) is 62.6 Å². The monoisotopic (exact) mass is 479 g/mol. The maximum Gasteiger partial charge on any atom is 0.244 e. The third-order valence-electron chi connectivity index (χ3n) is 6.39. The standard InChI is InChI=1S/C27H33N3O3S/c1-20-15-21(2)27(22(3)16-20)34(32,33)30(24-12-13-24)19-26(31)29(17-23-9-6-5-7-10-23)18-25-11-8-14-28(25)4/h5-11,14-16,24H,12-13,17-19H2,1-4H3. The van der Waals surface area contributed by atoms with Gasteiger partial charge >= 0.3 is 0 Å². The molecule has 0 saturated heterocycles. The van der Waals surface area contributed by atoms with Gasteiger partial charge in [-0.1, -0.05) is 48.0 Å². The smallest absolute Gasteiger partial charge is 0.244 e. The molecule has 0 radical (unpaired) electrons. The Kier molecular flexibility index (Phi) is 6.96. The number of carbonyl (C=O) groups is 1. The second kappa shape index (κ2) is 9.76. The summed E-state index contributed by atoms with van der Waals surface area (Å²) in [6.45, 7) is 6.30. The molecule has 2 aromatic carbocycles. The molecule has 1 fully saturated rings. The Morgan fingerprint density at radius 1 is 0.971 bits per heavy atom. The summed E-state index contributed by atoms with van der Waals surface area (Å²) < 4.78 is 31.0. The molecule has 1 aromatic heterocycles. The number of sulfonamides is 1. The summed E-state index contributed by atoms with van der Waals surface area (Å²) in [6.07, 6.45) is 3.52.